The maximum absolute atomic E-state index is 12.2. The van der Waals surface area contributed by atoms with Crippen molar-refractivity contribution in [1.82, 2.24) is 10.2 Å². The predicted octanol–water partition coefficient (Wildman–Crippen LogP) is 2.91. The fourth-order valence-corrected chi connectivity index (χ4v) is 2.16. The van der Waals surface area contributed by atoms with E-state index in [1.165, 1.54) is 12.4 Å². The molecule has 0 spiro atoms. The third kappa shape index (κ3) is 3.32. The number of rotatable bonds is 4. The second-order valence-corrected chi connectivity index (χ2v) is 4.94. The van der Waals surface area contributed by atoms with Crippen LogP contribution in [0.5, 0.6) is 0 Å². The van der Waals surface area contributed by atoms with Crippen molar-refractivity contribution in [1.29, 1.82) is 0 Å². The lowest BCUT2D eigenvalue weighted by atomic mass is 9.98. The minimum absolute atomic E-state index is 0.329. The van der Waals surface area contributed by atoms with Gasteiger partial charge < -0.3 is 5.73 Å². The van der Waals surface area contributed by atoms with E-state index in [-0.39, 0.29) is 5.56 Å². The Morgan fingerprint density at radius 3 is 2.73 bits per heavy atom. The summed E-state index contributed by atoms with van der Waals surface area (Å²) in [6.45, 7) is 5.66. The van der Waals surface area contributed by atoms with Crippen LogP contribution in [0.1, 0.15) is 11.3 Å². The number of aromatic amines is 1. The summed E-state index contributed by atoms with van der Waals surface area (Å²) in [5.74, 6) is 0. The van der Waals surface area contributed by atoms with Crippen molar-refractivity contribution in [3.05, 3.63) is 69.8 Å². The number of nitrogens with two attached hydrogens (primary N) is 1. The van der Waals surface area contributed by atoms with E-state index in [1.807, 2.05) is 12.1 Å². The quantitative estimate of drug-likeness (QED) is 0.851. The van der Waals surface area contributed by atoms with E-state index in [0.29, 0.717) is 27.5 Å². The Balaban J connectivity index is 2.63. The first-order valence-electron chi connectivity index (χ1n) is 6.50. The van der Waals surface area contributed by atoms with Crippen LogP contribution in [0.3, 0.4) is 0 Å². The van der Waals surface area contributed by atoms with Gasteiger partial charge in [-0.1, -0.05) is 30.3 Å². The Morgan fingerprint density at radius 1 is 1.41 bits per heavy atom. The number of H-pyrrole nitrogens is 1. The normalized spacial score (nSPS) is 11.4. The van der Waals surface area contributed by atoms with Crippen LogP contribution in [-0.2, 0) is 0 Å². The Kier molecular flexibility index (Phi) is 4.91. The zero-order valence-electron chi connectivity index (χ0n) is 12.0. The molecule has 0 unspecified atom stereocenters. The van der Waals surface area contributed by atoms with Gasteiger partial charge in [-0.2, -0.15) is 5.10 Å². The molecule has 0 amide bonds. The Labute approximate surface area is 132 Å². The molecule has 0 aliphatic rings. The van der Waals surface area contributed by atoms with Crippen LogP contribution in [0, 0.1) is 6.92 Å². The minimum Gasteiger partial charge on any atom is -0.405 e. The maximum Gasteiger partial charge on any atom is 0.274 e. The number of halogens is 1. The number of aromatic nitrogens is 2. The smallest absolute Gasteiger partial charge is 0.274 e. The van der Waals surface area contributed by atoms with Gasteiger partial charge in [0.05, 0.1) is 17.0 Å². The number of aliphatic imine (C=N–C) groups is 1. The molecule has 0 aliphatic heterocycles. The molecule has 2 aromatic rings. The second-order valence-electron chi connectivity index (χ2n) is 4.50. The van der Waals surface area contributed by atoms with Crippen molar-refractivity contribution >= 4 is 23.5 Å². The second kappa shape index (κ2) is 6.87. The van der Waals surface area contributed by atoms with Crippen LogP contribution in [0.4, 0.5) is 0 Å². The molecule has 0 fully saturated rings. The Bertz CT molecular complexity index is 804. The first-order valence-corrected chi connectivity index (χ1v) is 6.88. The van der Waals surface area contributed by atoms with Crippen LogP contribution >= 0.6 is 11.6 Å². The summed E-state index contributed by atoms with van der Waals surface area (Å²) in [5.41, 5.74) is 7.77. The Morgan fingerprint density at radius 2 is 2.09 bits per heavy atom. The standard InChI is InChI=1S/C16H15ClN4O/c1-10(19-9-3-8-18)15-14(11(2)20-21-16(15)22)12-4-6-13(17)7-5-12/h3-9H,1,18H2,2H3,(H,21,22)/b8-3-,19-9?. The van der Waals surface area contributed by atoms with Crippen molar-refractivity contribution in [2.45, 2.75) is 6.92 Å². The van der Waals surface area contributed by atoms with Crippen molar-refractivity contribution in [2.75, 3.05) is 0 Å². The fraction of sp³-hybridized carbons (Fsp3) is 0.0625. The molecule has 6 heteroatoms. The molecule has 1 aromatic heterocycles. The van der Waals surface area contributed by atoms with Crippen molar-refractivity contribution in [2.24, 2.45) is 10.7 Å². The van der Waals surface area contributed by atoms with E-state index < -0.39 is 0 Å². The summed E-state index contributed by atoms with van der Waals surface area (Å²) in [5, 5.41) is 7.09. The largest absolute Gasteiger partial charge is 0.405 e. The van der Waals surface area contributed by atoms with Gasteiger partial charge in [0.15, 0.2) is 0 Å². The molecule has 5 nitrogen and oxygen atoms in total. The summed E-state index contributed by atoms with van der Waals surface area (Å²) in [6.07, 6.45) is 4.37. The highest BCUT2D eigenvalue weighted by molar-refractivity contribution is 6.30. The number of benzene rings is 1. The monoisotopic (exact) mass is 314 g/mol. The van der Waals surface area contributed by atoms with Gasteiger partial charge in [0, 0.05) is 16.8 Å². The fourth-order valence-electron chi connectivity index (χ4n) is 2.03. The lowest BCUT2D eigenvalue weighted by molar-refractivity contribution is 0.942. The molecule has 22 heavy (non-hydrogen) atoms. The number of allylic oxidation sites excluding steroid dienone is 1. The van der Waals surface area contributed by atoms with Gasteiger partial charge in [0.2, 0.25) is 0 Å². The first kappa shape index (κ1) is 15.7. The van der Waals surface area contributed by atoms with Crippen LogP contribution < -0.4 is 11.3 Å². The predicted molar refractivity (Wildman–Crippen MR) is 90.9 cm³/mol. The summed E-state index contributed by atoms with van der Waals surface area (Å²) in [6, 6.07) is 7.16. The third-order valence-electron chi connectivity index (χ3n) is 3.01. The lowest BCUT2D eigenvalue weighted by Gasteiger charge is -2.11. The minimum atomic E-state index is -0.352. The van der Waals surface area contributed by atoms with Gasteiger partial charge in [0.25, 0.3) is 5.56 Å². The average Bonchev–Trinajstić information content (AvgIpc) is 2.50. The van der Waals surface area contributed by atoms with Gasteiger partial charge in [-0.25, -0.2) is 5.10 Å². The highest BCUT2D eigenvalue weighted by Crippen LogP contribution is 2.29. The molecule has 0 atom stereocenters. The average molecular weight is 315 g/mol. The van der Waals surface area contributed by atoms with E-state index >= 15 is 0 Å². The molecule has 112 valence electrons. The molecule has 1 heterocycles. The molecule has 0 saturated carbocycles. The number of aryl methyl sites for hydroxylation is 1. The summed E-state index contributed by atoms with van der Waals surface area (Å²) in [7, 11) is 0. The third-order valence-corrected chi connectivity index (χ3v) is 3.27. The van der Waals surface area contributed by atoms with Crippen molar-refractivity contribution in [3.8, 4) is 11.1 Å². The van der Waals surface area contributed by atoms with Crippen LogP contribution in [0.2, 0.25) is 5.02 Å². The van der Waals surface area contributed by atoms with Gasteiger partial charge in [-0.3, -0.25) is 9.79 Å². The van der Waals surface area contributed by atoms with Gasteiger partial charge in [-0.05, 0) is 36.9 Å². The van der Waals surface area contributed by atoms with Crippen molar-refractivity contribution < 1.29 is 0 Å². The first-order chi connectivity index (χ1) is 10.5. The molecule has 0 radical (unpaired) electrons. The summed E-state index contributed by atoms with van der Waals surface area (Å²) < 4.78 is 0. The van der Waals surface area contributed by atoms with Crippen LogP contribution in [0.25, 0.3) is 16.8 Å². The summed E-state index contributed by atoms with van der Waals surface area (Å²) in [4.78, 5) is 16.3. The van der Waals surface area contributed by atoms with Gasteiger partial charge in [-0.15, -0.1) is 0 Å². The molecule has 2 rings (SSSR count). The number of nitrogens with one attached hydrogen (secondary N) is 1. The van der Waals surface area contributed by atoms with Crippen LogP contribution in [0.15, 0.2) is 52.9 Å². The highest BCUT2D eigenvalue weighted by Gasteiger charge is 2.15. The van der Waals surface area contributed by atoms with E-state index in [2.05, 4.69) is 21.8 Å². The SMILES string of the molecule is C=C(N=C/C=C\N)c1c(-c2ccc(Cl)cc2)c(C)n[nH]c1=O. The molecule has 3 N–H and O–H groups in total. The van der Waals surface area contributed by atoms with Crippen LogP contribution in [-0.4, -0.2) is 16.4 Å². The molecule has 0 bridgehead atoms. The zero-order chi connectivity index (χ0) is 16.1. The molecular formula is C16H15ClN4O. The van der Waals surface area contributed by atoms with Gasteiger partial charge in [0.1, 0.15) is 0 Å². The number of hydrogen-bond donors (Lipinski definition) is 2. The molecule has 0 aliphatic carbocycles. The van der Waals surface area contributed by atoms with Crippen molar-refractivity contribution in [3.63, 3.8) is 0 Å². The topological polar surface area (TPSA) is 84.1 Å². The number of hydrogen-bond acceptors (Lipinski definition) is 4. The molecular weight excluding hydrogens is 300 g/mol. The van der Waals surface area contributed by atoms with E-state index in [1.54, 1.807) is 25.1 Å². The lowest BCUT2D eigenvalue weighted by Crippen LogP contribution is -2.16. The highest BCUT2D eigenvalue weighted by atomic mass is 35.5. The zero-order valence-corrected chi connectivity index (χ0v) is 12.8. The maximum atomic E-state index is 12.2. The summed E-state index contributed by atoms with van der Waals surface area (Å²) >= 11 is 5.91. The van der Waals surface area contributed by atoms with Gasteiger partial charge >= 0.3 is 0 Å². The molecule has 1 aromatic carbocycles. The van der Waals surface area contributed by atoms with E-state index in [9.17, 15) is 4.79 Å². The van der Waals surface area contributed by atoms with E-state index in [0.717, 1.165) is 5.56 Å². The molecule has 0 saturated heterocycles. The number of nitrogens with zero attached hydrogens (tertiary/aromatic N) is 2. The van der Waals surface area contributed by atoms with E-state index in [4.69, 9.17) is 17.3 Å². The Hall–Kier alpha value is -2.66.